The lowest BCUT2D eigenvalue weighted by Gasteiger charge is -2.05. The molecule has 0 fully saturated rings. The summed E-state index contributed by atoms with van der Waals surface area (Å²) in [6.45, 7) is 0. The summed E-state index contributed by atoms with van der Waals surface area (Å²) in [5.74, 6) is 0.0699. The highest BCUT2D eigenvalue weighted by Gasteiger charge is 2.08. The van der Waals surface area contributed by atoms with Crippen molar-refractivity contribution < 1.29 is 14.3 Å². The first-order chi connectivity index (χ1) is 8.56. The maximum Gasteiger partial charge on any atom is 0.338 e. The molecule has 0 aliphatic heterocycles. The van der Waals surface area contributed by atoms with E-state index in [1.54, 1.807) is 18.2 Å². The van der Waals surface area contributed by atoms with E-state index in [0.717, 1.165) is 0 Å². The minimum absolute atomic E-state index is 0.0577. The molecule has 0 bridgehead atoms. The number of methoxy groups -OCH3 is 2. The highest BCUT2D eigenvalue weighted by Crippen LogP contribution is 2.16. The lowest BCUT2D eigenvalue weighted by atomic mass is 10.1. The molecule has 0 saturated heterocycles. The Bertz CT molecular complexity index is 488. The third kappa shape index (κ3) is 4.02. The molecule has 0 saturated carbocycles. The van der Waals surface area contributed by atoms with Gasteiger partial charge < -0.3 is 15.2 Å². The zero-order valence-corrected chi connectivity index (χ0v) is 10.8. The number of nitrogens with two attached hydrogens (primary N) is 1. The van der Waals surface area contributed by atoms with E-state index in [-0.39, 0.29) is 5.11 Å². The summed E-state index contributed by atoms with van der Waals surface area (Å²) in [5, 5.41) is 3.85. The SMILES string of the molecule is COC(=O)c1cc(C=NNC(N)=S)cc(OC)c1. The van der Waals surface area contributed by atoms with Crippen LogP contribution in [0.1, 0.15) is 15.9 Å². The maximum atomic E-state index is 11.4. The average Bonchev–Trinajstić information content (AvgIpc) is 2.36. The summed E-state index contributed by atoms with van der Waals surface area (Å²) < 4.78 is 9.72. The quantitative estimate of drug-likeness (QED) is 0.360. The van der Waals surface area contributed by atoms with Gasteiger partial charge in [0.25, 0.3) is 0 Å². The molecule has 0 aliphatic rings. The van der Waals surface area contributed by atoms with Crippen LogP contribution in [0.15, 0.2) is 23.3 Å². The van der Waals surface area contributed by atoms with E-state index in [4.69, 9.17) is 10.5 Å². The summed E-state index contributed by atoms with van der Waals surface area (Å²) in [6.07, 6.45) is 1.47. The highest BCUT2D eigenvalue weighted by molar-refractivity contribution is 7.80. The standard InChI is InChI=1S/C11H13N3O3S/c1-16-9-4-7(6-13-14-11(12)18)3-8(5-9)10(15)17-2/h3-6H,1-2H3,(H3,12,14,18). The first kappa shape index (κ1) is 13.9. The minimum atomic E-state index is -0.453. The molecule has 7 heteroatoms. The summed E-state index contributed by atoms with van der Waals surface area (Å²) >= 11 is 4.60. The second-order valence-corrected chi connectivity index (χ2v) is 3.66. The van der Waals surface area contributed by atoms with Crippen LogP contribution in [0.25, 0.3) is 0 Å². The number of rotatable bonds is 4. The summed E-state index contributed by atoms with van der Waals surface area (Å²) in [5.41, 5.74) is 8.66. The van der Waals surface area contributed by atoms with Gasteiger partial charge in [-0.05, 0) is 36.0 Å². The van der Waals surface area contributed by atoms with Crippen LogP contribution in [0.3, 0.4) is 0 Å². The van der Waals surface area contributed by atoms with E-state index in [2.05, 4.69) is 27.5 Å². The van der Waals surface area contributed by atoms with E-state index >= 15 is 0 Å². The molecule has 0 aliphatic carbocycles. The number of carbonyl (C=O) groups excluding carboxylic acids is 1. The summed E-state index contributed by atoms with van der Waals surface area (Å²) in [6, 6.07) is 4.89. The van der Waals surface area contributed by atoms with Gasteiger partial charge in [0.2, 0.25) is 0 Å². The number of hydrazone groups is 1. The normalized spacial score (nSPS) is 10.1. The van der Waals surface area contributed by atoms with Gasteiger partial charge in [-0.1, -0.05) is 0 Å². The van der Waals surface area contributed by atoms with Gasteiger partial charge in [-0.3, -0.25) is 5.43 Å². The molecule has 96 valence electrons. The summed E-state index contributed by atoms with van der Waals surface area (Å²) in [4.78, 5) is 11.4. The first-order valence-corrected chi connectivity index (χ1v) is 5.33. The van der Waals surface area contributed by atoms with Crippen molar-refractivity contribution in [2.45, 2.75) is 0 Å². The van der Waals surface area contributed by atoms with Gasteiger partial charge in [0.05, 0.1) is 26.0 Å². The van der Waals surface area contributed by atoms with Gasteiger partial charge in [-0.25, -0.2) is 4.79 Å². The molecule has 0 unspecified atom stereocenters. The second kappa shape index (κ2) is 6.55. The average molecular weight is 267 g/mol. The maximum absolute atomic E-state index is 11.4. The van der Waals surface area contributed by atoms with Crippen LogP contribution in [0, 0.1) is 0 Å². The van der Waals surface area contributed by atoms with Gasteiger partial charge >= 0.3 is 5.97 Å². The number of nitrogens with one attached hydrogen (secondary N) is 1. The molecule has 18 heavy (non-hydrogen) atoms. The van der Waals surface area contributed by atoms with Crippen LogP contribution >= 0.6 is 12.2 Å². The van der Waals surface area contributed by atoms with Crippen LogP contribution in [0.5, 0.6) is 5.75 Å². The fourth-order valence-corrected chi connectivity index (χ4v) is 1.27. The van der Waals surface area contributed by atoms with Crippen molar-refractivity contribution in [3.63, 3.8) is 0 Å². The number of nitrogens with zero attached hydrogens (tertiary/aromatic N) is 1. The van der Waals surface area contributed by atoms with E-state index in [1.165, 1.54) is 20.4 Å². The molecular weight excluding hydrogens is 254 g/mol. The van der Waals surface area contributed by atoms with Crippen molar-refractivity contribution in [1.29, 1.82) is 0 Å². The monoisotopic (exact) mass is 267 g/mol. The van der Waals surface area contributed by atoms with Gasteiger partial charge in [0.15, 0.2) is 5.11 Å². The van der Waals surface area contributed by atoms with Crippen LogP contribution in [0.4, 0.5) is 0 Å². The van der Waals surface area contributed by atoms with Crippen LogP contribution in [-0.2, 0) is 4.74 Å². The molecule has 0 amide bonds. The van der Waals surface area contributed by atoms with Crippen LogP contribution in [0.2, 0.25) is 0 Å². The molecule has 1 rings (SSSR count). The molecule has 1 aromatic rings. The predicted molar refractivity (Wildman–Crippen MR) is 71.8 cm³/mol. The molecule has 0 radical (unpaired) electrons. The fraction of sp³-hybridized carbons (Fsp3) is 0.182. The lowest BCUT2D eigenvalue weighted by Crippen LogP contribution is -2.24. The molecule has 0 atom stereocenters. The van der Waals surface area contributed by atoms with Crippen molar-refractivity contribution in [2.24, 2.45) is 10.8 Å². The van der Waals surface area contributed by atoms with Crippen LogP contribution in [-0.4, -0.2) is 31.5 Å². The molecule has 0 heterocycles. The number of thiocarbonyl (C=S) groups is 1. The first-order valence-electron chi connectivity index (χ1n) is 4.92. The Morgan fingerprint density at radius 3 is 2.72 bits per heavy atom. The topological polar surface area (TPSA) is 85.9 Å². The zero-order valence-electron chi connectivity index (χ0n) is 9.97. The Labute approximate surface area is 110 Å². The van der Waals surface area contributed by atoms with Crippen molar-refractivity contribution in [3.05, 3.63) is 29.3 Å². The molecular formula is C11H13N3O3S. The lowest BCUT2D eigenvalue weighted by molar-refractivity contribution is 0.0600. The zero-order chi connectivity index (χ0) is 13.5. The molecule has 3 N–H and O–H groups in total. The van der Waals surface area contributed by atoms with Gasteiger partial charge in [-0.15, -0.1) is 0 Å². The minimum Gasteiger partial charge on any atom is -0.497 e. The van der Waals surface area contributed by atoms with Gasteiger partial charge in [-0.2, -0.15) is 5.10 Å². The number of hydrogen-bond donors (Lipinski definition) is 2. The fourth-order valence-electron chi connectivity index (χ4n) is 1.22. The second-order valence-electron chi connectivity index (χ2n) is 3.22. The Morgan fingerprint density at radius 2 is 2.17 bits per heavy atom. The van der Waals surface area contributed by atoms with Crippen LogP contribution < -0.4 is 15.9 Å². The highest BCUT2D eigenvalue weighted by atomic mass is 32.1. The Morgan fingerprint density at radius 1 is 1.44 bits per heavy atom. The number of hydrogen-bond acceptors (Lipinski definition) is 5. The Kier molecular flexibility index (Phi) is 5.06. The largest absolute Gasteiger partial charge is 0.497 e. The Balaban J connectivity index is 3.00. The molecule has 0 spiro atoms. The van der Waals surface area contributed by atoms with E-state index < -0.39 is 5.97 Å². The van der Waals surface area contributed by atoms with Crippen molar-refractivity contribution in [1.82, 2.24) is 5.43 Å². The van der Waals surface area contributed by atoms with E-state index in [0.29, 0.717) is 16.9 Å². The number of carbonyl (C=O) groups is 1. The van der Waals surface area contributed by atoms with E-state index in [1.807, 2.05) is 0 Å². The van der Waals surface area contributed by atoms with E-state index in [9.17, 15) is 4.79 Å². The predicted octanol–water partition coefficient (Wildman–Crippen LogP) is 0.649. The molecule has 0 aromatic heterocycles. The third-order valence-electron chi connectivity index (χ3n) is 1.97. The van der Waals surface area contributed by atoms with Crippen molar-refractivity contribution >= 4 is 29.5 Å². The smallest absolute Gasteiger partial charge is 0.338 e. The van der Waals surface area contributed by atoms with Gasteiger partial charge in [0, 0.05) is 0 Å². The van der Waals surface area contributed by atoms with Crippen molar-refractivity contribution in [3.8, 4) is 5.75 Å². The molecule has 6 nitrogen and oxygen atoms in total. The van der Waals surface area contributed by atoms with Gasteiger partial charge in [0.1, 0.15) is 5.75 Å². The number of esters is 1. The Hall–Kier alpha value is -2.15. The van der Waals surface area contributed by atoms with Crippen molar-refractivity contribution in [2.75, 3.05) is 14.2 Å². The number of ether oxygens (including phenoxy) is 2. The number of benzene rings is 1. The summed E-state index contributed by atoms with van der Waals surface area (Å²) in [7, 11) is 2.81. The third-order valence-corrected chi connectivity index (χ3v) is 2.07. The molecule has 1 aromatic carbocycles.